The van der Waals surface area contributed by atoms with E-state index in [1.807, 2.05) is 0 Å². The van der Waals surface area contributed by atoms with Crippen LogP contribution in [0.1, 0.15) is 60.4 Å². The Balaban J connectivity index is 2.38. The third kappa shape index (κ3) is 2.48. The molecule has 3 heteroatoms. The van der Waals surface area contributed by atoms with E-state index in [4.69, 9.17) is 0 Å². The number of carbonyl (C=O) groups is 1. The number of hydrogen-bond acceptors (Lipinski definition) is 2. The molecule has 17 heavy (non-hydrogen) atoms. The van der Waals surface area contributed by atoms with Crippen LogP contribution < -0.4 is 0 Å². The smallest absolute Gasteiger partial charge is 0.153 e. The normalized spacial score (nSPS) is 17.7. The lowest BCUT2D eigenvalue weighted by molar-refractivity contribution is 0.111. The molecule has 0 spiro atoms. The predicted octanol–water partition coefficient (Wildman–Crippen LogP) is 3.78. The molecule has 92 valence electrons. The van der Waals surface area contributed by atoms with Crippen LogP contribution in [0.4, 0.5) is 4.39 Å². The summed E-state index contributed by atoms with van der Waals surface area (Å²) in [6.07, 6.45) is 6.77. The van der Waals surface area contributed by atoms with Crippen molar-refractivity contribution in [3.8, 4) is 5.75 Å². The van der Waals surface area contributed by atoms with Gasteiger partial charge in [-0.15, -0.1) is 0 Å². The molecule has 0 unspecified atom stereocenters. The molecule has 1 saturated carbocycles. The fourth-order valence-corrected chi connectivity index (χ4v) is 2.65. The standard InChI is InChI=1S/C14H17FO2/c15-14-11(9-16)7-8-12(17)13(14)10-5-3-1-2-4-6-10/h7-10,17H,1-6H2. The van der Waals surface area contributed by atoms with E-state index in [-0.39, 0.29) is 17.2 Å². The van der Waals surface area contributed by atoms with Crippen molar-refractivity contribution in [1.82, 2.24) is 0 Å². The number of rotatable bonds is 2. The van der Waals surface area contributed by atoms with E-state index in [1.165, 1.54) is 25.0 Å². The summed E-state index contributed by atoms with van der Waals surface area (Å²) in [6.45, 7) is 0. The van der Waals surface area contributed by atoms with Gasteiger partial charge in [0.15, 0.2) is 6.29 Å². The summed E-state index contributed by atoms with van der Waals surface area (Å²) in [6, 6.07) is 2.75. The quantitative estimate of drug-likeness (QED) is 0.626. The van der Waals surface area contributed by atoms with Crippen LogP contribution in [0.3, 0.4) is 0 Å². The highest BCUT2D eigenvalue weighted by Gasteiger charge is 2.22. The first-order valence-electron chi connectivity index (χ1n) is 6.20. The van der Waals surface area contributed by atoms with E-state index in [9.17, 15) is 14.3 Å². The highest BCUT2D eigenvalue weighted by Crippen LogP contribution is 2.38. The van der Waals surface area contributed by atoms with Gasteiger partial charge in [-0.2, -0.15) is 0 Å². The molecule has 0 aliphatic heterocycles. The highest BCUT2D eigenvalue weighted by molar-refractivity contribution is 5.76. The van der Waals surface area contributed by atoms with Crippen LogP contribution >= 0.6 is 0 Å². The maximum absolute atomic E-state index is 14.1. The van der Waals surface area contributed by atoms with E-state index < -0.39 is 5.82 Å². The summed E-state index contributed by atoms with van der Waals surface area (Å²) >= 11 is 0. The maximum Gasteiger partial charge on any atom is 0.153 e. The number of carbonyl (C=O) groups excluding carboxylic acids is 1. The molecule has 0 radical (unpaired) electrons. The van der Waals surface area contributed by atoms with E-state index in [0.717, 1.165) is 25.7 Å². The minimum absolute atomic E-state index is 0.0139. The second-order valence-electron chi connectivity index (χ2n) is 4.71. The highest BCUT2D eigenvalue weighted by atomic mass is 19.1. The summed E-state index contributed by atoms with van der Waals surface area (Å²) in [7, 11) is 0. The first kappa shape index (κ1) is 12.1. The van der Waals surface area contributed by atoms with Crippen molar-refractivity contribution in [2.45, 2.75) is 44.4 Å². The average Bonchev–Trinajstić information content (AvgIpc) is 2.58. The fourth-order valence-electron chi connectivity index (χ4n) is 2.65. The summed E-state index contributed by atoms with van der Waals surface area (Å²) < 4.78 is 14.1. The van der Waals surface area contributed by atoms with Gasteiger partial charge in [0.05, 0.1) is 5.56 Å². The number of aromatic hydroxyl groups is 1. The van der Waals surface area contributed by atoms with Crippen LogP contribution in [0.5, 0.6) is 5.75 Å². The third-order valence-corrected chi connectivity index (χ3v) is 3.58. The molecule has 1 N–H and O–H groups in total. The molecule has 0 heterocycles. The van der Waals surface area contributed by atoms with Crippen LogP contribution in [0.15, 0.2) is 12.1 Å². The minimum atomic E-state index is -0.535. The molecule has 0 atom stereocenters. The molecule has 0 aromatic heterocycles. The maximum atomic E-state index is 14.1. The van der Waals surface area contributed by atoms with Gasteiger partial charge in [-0.25, -0.2) is 4.39 Å². The summed E-state index contributed by atoms with van der Waals surface area (Å²) in [5, 5.41) is 9.80. The molecule has 1 aliphatic rings. The lowest BCUT2D eigenvalue weighted by Crippen LogP contribution is -2.04. The van der Waals surface area contributed by atoms with E-state index in [1.54, 1.807) is 0 Å². The number of hydrogen-bond donors (Lipinski definition) is 1. The molecule has 0 amide bonds. The largest absolute Gasteiger partial charge is 0.508 e. The molecule has 2 rings (SSSR count). The Bertz CT molecular complexity index is 407. The van der Waals surface area contributed by atoms with E-state index in [2.05, 4.69) is 0 Å². The molecular weight excluding hydrogens is 219 g/mol. The number of phenols is 1. The Morgan fingerprint density at radius 1 is 1.18 bits per heavy atom. The molecular formula is C14H17FO2. The van der Waals surface area contributed by atoms with Gasteiger partial charge < -0.3 is 5.11 Å². The number of aldehydes is 1. The van der Waals surface area contributed by atoms with Gasteiger partial charge in [-0.3, -0.25) is 4.79 Å². The summed E-state index contributed by atoms with van der Waals surface area (Å²) in [5.74, 6) is -0.496. The lowest BCUT2D eigenvalue weighted by Gasteiger charge is -2.17. The van der Waals surface area contributed by atoms with Crippen LogP contribution in [-0.4, -0.2) is 11.4 Å². The Labute approximate surface area is 100 Å². The van der Waals surface area contributed by atoms with Gasteiger partial charge in [0.25, 0.3) is 0 Å². The second kappa shape index (κ2) is 5.30. The van der Waals surface area contributed by atoms with Crippen molar-refractivity contribution in [3.05, 3.63) is 29.1 Å². The summed E-state index contributed by atoms with van der Waals surface area (Å²) in [5.41, 5.74) is 0.388. The van der Waals surface area contributed by atoms with Crippen LogP contribution in [-0.2, 0) is 0 Å². The molecule has 1 aliphatic carbocycles. The zero-order valence-corrected chi connectivity index (χ0v) is 9.79. The third-order valence-electron chi connectivity index (χ3n) is 3.58. The van der Waals surface area contributed by atoms with E-state index in [0.29, 0.717) is 11.8 Å². The Morgan fingerprint density at radius 3 is 2.41 bits per heavy atom. The van der Waals surface area contributed by atoms with Crippen LogP contribution in [0.2, 0.25) is 0 Å². The van der Waals surface area contributed by atoms with Crippen LogP contribution in [0, 0.1) is 5.82 Å². The lowest BCUT2D eigenvalue weighted by atomic mass is 9.89. The second-order valence-corrected chi connectivity index (χ2v) is 4.71. The van der Waals surface area contributed by atoms with Crippen LogP contribution in [0.25, 0.3) is 0 Å². The SMILES string of the molecule is O=Cc1ccc(O)c(C2CCCCCC2)c1F. The number of halogens is 1. The Morgan fingerprint density at radius 2 is 1.82 bits per heavy atom. The van der Waals surface area contributed by atoms with Crippen molar-refractivity contribution in [2.75, 3.05) is 0 Å². The fraction of sp³-hybridized carbons (Fsp3) is 0.500. The predicted molar refractivity (Wildman–Crippen MR) is 63.9 cm³/mol. The van der Waals surface area contributed by atoms with Gasteiger partial charge in [-0.05, 0) is 30.9 Å². The number of phenolic OH excluding ortho intramolecular Hbond substituents is 1. The molecule has 1 aromatic rings. The van der Waals surface area contributed by atoms with Crippen molar-refractivity contribution in [1.29, 1.82) is 0 Å². The topological polar surface area (TPSA) is 37.3 Å². The van der Waals surface area contributed by atoms with Crippen molar-refractivity contribution in [2.24, 2.45) is 0 Å². The minimum Gasteiger partial charge on any atom is -0.508 e. The number of benzene rings is 1. The first-order chi connectivity index (χ1) is 8.24. The first-order valence-corrected chi connectivity index (χ1v) is 6.20. The Hall–Kier alpha value is -1.38. The molecule has 0 bridgehead atoms. The zero-order chi connectivity index (χ0) is 12.3. The van der Waals surface area contributed by atoms with E-state index >= 15 is 0 Å². The monoisotopic (exact) mass is 236 g/mol. The van der Waals surface area contributed by atoms with Gasteiger partial charge in [0, 0.05) is 5.56 Å². The summed E-state index contributed by atoms with van der Waals surface area (Å²) in [4.78, 5) is 10.7. The molecule has 0 saturated heterocycles. The van der Waals surface area contributed by atoms with Crippen molar-refractivity contribution in [3.63, 3.8) is 0 Å². The Kier molecular flexibility index (Phi) is 3.77. The zero-order valence-electron chi connectivity index (χ0n) is 9.79. The van der Waals surface area contributed by atoms with Gasteiger partial charge in [-0.1, -0.05) is 25.7 Å². The van der Waals surface area contributed by atoms with Crippen molar-refractivity contribution >= 4 is 6.29 Å². The molecule has 2 nitrogen and oxygen atoms in total. The van der Waals surface area contributed by atoms with Gasteiger partial charge in [0.2, 0.25) is 0 Å². The molecule has 1 fully saturated rings. The van der Waals surface area contributed by atoms with Crippen molar-refractivity contribution < 1.29 is 14.3 Å². The van der Waals surface area contributed by atoms with Gasteiger partial charge in [0.1, 0.15) is 11.6 Å². The molecule has 1 aromatic carbocycles. The average molecular weight is 236 g/mol. The van der Waals surface area contributed by atoms with Gasteiger partial charge >= 0.3 is 0 Å².